The van der Waals surface area contributed by atoms with Crippen molar-refractivity contribution in [3.05, 3.63) is 253 Å². The lowest BCUT2D eigenvalue weighted by Crippen LogP contribution is -2.28. The van der Waals surface area contributed by atoms with Gasteiger partial charge in [0.1, 0.15) is 0 Å². The first-order valence-electron chi connectivity index (χ1n) is 21.1. The molecule has 290 valence electrons. The molecule has 3 heteroatoms. The molecule has 0 spiro atoms. The molecular weight excluding hydrogens is 769 g/mol. The van der Waals surface area contributed by atoms with Gasteiger partial charge in [-0.1, -0.05) is 194 Å². The topological polar surface area (TPSA) is 25.8 Å². The van der Waals surface area contributed by atoms with Crippen molar-refractivity contribution in [3.63, 3.8) is 0 Å². The Labute approximate surface area is 365 Å². The normalized spacial score (nSPS) is 12.6. The number of thiophene rings is 1. The predicted octanol–water partition coefficient (Wildman–Crippen LogP) is 15.5. The lowest BCUT2D eigenvalue weighted by molar-refractivity contribution is 0.768. The van der Waals surface area contributed by atoms with Crippen LogP contribution in [0.1, 0.15) is 22.3 Å². The number of hydrogen-bond donors (Lipinski definition) is 0. The molecule has 9 aromatic carbocycles. The van der Waals surface area contributed by atoms with Gasteiger partial charge in [0.2, 0.25) is 0 Å². The first kappa shape index (κ1) is 36.2. The van der Waals surface area contributed by atoms with Crippen LogP contribution in [-0.4, -0.2) is 9.97 Å². The summed E-state index contributed by atoms with van der Waals surface area (Å²) < 4.78 is 2.58. The zero-order valence-electron chi connectivity index (χ0n) is 33.7. The van der Waals surface area contributed by atoms with Crippen LogP contribution in [0.5, 0.6) is 0 Å². The summed E-state index contributed by atoms with van der Waals surface area (Å²) in [5.41, 5.74) is 16.4. The van der Waals surface area contributed by atoms with E-state index in [2.05, 4.69) is 224 Å². The van der Waals surface area contributed by atoms with E-state index in [1.54, 1.807) is 0 Å². The molecule has 1 aliphatic carbocycles. The van der Waals surface area contributed by atoms with Crippen LogP contribution < -0.4 is 0 Å². The molecule has 62 heavy (non-hydrogen) atoms. The molecule has 11 aromatic rings. The van der Waals surface area contributed by atoms with Crippen LogP contribution >= 0.6 is 11.3 Å². The Hall–Kier alpha value is -7.72. The molecule has 0 bridgehead atoms. The lowest BCUT2D eigenvalue weighted by atomic mass is 9.67. The highest BCUT2D eigenvalue weighted by atomic mass is 32.1. The molecular formula is C59H38N2S. The minimum absolute atomic E-state index is 0.520. The lowest BCUT2D eigenvalue weighted by Gasteiger charge is -2.33. The standard InChI is InChI=1S/C59H38N2S/c1-5-19-39(20-6-1)41-35-42(46-29-18-34-55-57(46)49-28-14-16-33-54(49)62-55)37-43(36-41)52-38-53(61-58(60-52)40-21-7-2-8-22-40)48-30-17-32-51-56(48)47-27-13-15-31-50(47)59(51,44-23-9-3-10-24-44)45-25-11-4-12-26-45/h1-38H. The molecule has 12 rings (SSSR count). The summed E-state index contributed by atoms with van der Waals surface area (Å²) in [5.74, 6) is 0.692. The maximum atomic E-state index is 5.46. The van der Waals surface area contributed by atoms with Gasteiger partial charge in [-0.25, -0.2) is 9.97 Å². The number of aromatic nitrogens is 2. The molecule has 0 amide bonds. The van der Waals surface area contributed by atoms with Gasteiger partial charge in [0.15, 0.2) is 5.82 Å². The highest BCUT2D eigenvalue weighted by Crippen LogP contribution is 2.58. The third-order valence-corrected chi connectivity index (χ3v) is 13.7. The Morgan fingerprint density at radius 1 is 0.339 bits per heavy atom. The number of hydrogen-bond acceptors (Lipinski definition) is 3. The SMILES string of the molecule is c1ccc(-c2cc(-c3cc(-c4cccc5c4-c4ccccc4C5(c4ccccc4)c4ccccc4)nc(-c4ccccc4)n3)cc(-c3cccc4sc5ccccc5c34)c2)cc1. The van der Waals surface area contributed by atoms with Crippen molar-refractivity contribution in [2.24, 2.45) is 0 Å². The van der Waals surface area contributed by atoms with Crippen molar-refractivity contribution in [1.29, 1.82) is 0 Å². The molecule has 2 aromatic heterocycles. The number of fused-ring (bicyclic) bond motifs is 6. The van der Waals surface area contributed by atoms with E-state index >= 15 is 0 Å². The summed E-state index contributed by atoms with van der Waals surface area (Å²) in [7, 11) is 0. The Balaban J connectivity index is 1.13. The summed E-state index contributed by atoms with van der Waals surface area (Å²) in [6.45, 7) is 0. The Kier molecular flexibility index (Phi) is 8.62. The zero-order valence-corrected chi connectivity index (χ0v) is 34.6. The van der Waals surface area contributed by atoms with Crippen molar-refractivity contribution in [3.8, 4) is 67.3 Å². The third-order valence-electron chi connectivity index (χ3n) is 12.6. The summed E-state index contributed by atoms with van der Waals surface area (Å²) in [6.07, 6.45) is 0. The fourth-order valence-corrected chi connectivity index (χ4v) is 11.0. The van der Waals surface area contributed by atoms with Crippen LogP contribution in [0.3, 0.4) is 0 Å². The van der Waals surface area contributed by atoms with Crippen molar-refractivity contribution >= 4 is 31.5 Å². The highest BCUT2D eigenvalue weighted by molar-refractivity contribution is 7.25. The molecule has 0 saturated heterocycles. The van der Waals surface area contributed by atoms with E-state index in [-0.39, 0.29) is 0 Å². The summed E-state index contributed by atoms with van der Waals surface area (Å²) in [5, 5.41) is 2.57. The second kappa shape index (κ2) is 14.8. The molecule has 2 nitrogen and oxygen atoms in total. The maximum Gasteiger partial charge on any atom is 0.160 e. The van der Waals surface area contributed by atoms with E-state index in [0.29, 0.717) is 5.82 Å². The quantitative estimate of drug-likeness (QED) is 0.160. The molecule has 0 aliphatic heterocycles. The van der Waals surface area contributed by atoms with Gasteiger partial charge in [0.05, 0.1) is 16.8 Å². The first-order valence-corrected chi connectivity index (χ1v) is 22.0. The first-order chi connectivity index (χ1) is 30.7. The highest BCUT2D eigenvalue weighted by Gasteiger charge is 2.46. The molecule has 2 heterocycles. The molecule has 0 radical (unpaired) electrons. The Morgan fingerprint density at radius 2 is 0.871 bits per heavy atom. The molecule has 0 fully saturated rings. The van der Waals surface area contributed by atoms with Gasteiger partial charge in [0.25, 0.3) is 0 Å². The van der Waals surface area contributed by atoms with Gasteiger partial charge < -0.3 is 0 Å². The summed E-state index contributed by atoms with van der Waals surface area (Å²) in [6, 6.07) is 83.4. The van der Waals surface area contributed by atoms with Gasteiger partial charge in [-0.15, -0.1) is 11.3 Å². The molecule has 1 aliphatic rings. The van der Waals surface area contributed by atoms with E-state index in [1.807, 2.05) is 17.4 Å². The van der Waals surface area contributed by atoms with E-state index in [1.165, 1.54) is 59.1 Å². The average Bonchev–Trinajstić information content (AvgIpc) is 3.89. The minimum atomic E-state index is -0.520. The smallest absolute Gasteiger partial charge is 0.160 e. The minimum Gasteiger partial charge on any atom is -0.228 e. The van der Waals surface area contributed by atoms with Crippen LogP contribution in [0, 0.1) is 0 Å². The van der Waals surface area contributed by atoms with Crippen LogP contribution in [-0.2, 0) is 5.41 Å². The van der Waals surface area contributed by atoms with E-state index in [4.69, 9.17) is 9.97 Å². The second-order valence-electron chi connectivity index (χ2n) is 16.0. The van der Waals surface area contributed by atoms with Crippen LogP contribution in [0.4, 0.5) is 0 Å². The van der Waals surface area contributed by atoms with Gasteiger partial charge in [-0.3, -0.25) is 0 Å². The van der Waals surface area contributed by atoms with E-state index < -0.39 is 5.41 Å². The largest absolute Gasteiger partial charge is 0.228 e. The molecule has 0 atom stereocenters. The monoisotopic (exact) mass is 806 g/mol. The maximum absolute atomic E-state index is 5.46. The average molecular weight is 807 g/mol. The van der Waals surface area contributed by atoms with Gasteiger partial charge >= 0.3 is 0 Å². The molecule has 0 saturated carbocycles. The predicted molar refractivity (Wildman–Crippen MR) is 259 cm³/mol. The van der Waals surface area contributed by atoms with Crippen LogP contribution in [0.2, 0.25) is 0 Å². The van der Waals surface area contributed by atoms with Crippen LogP contribution in [0.25, 0.3) is 87.5 Å². The molecule has 0 N–H and O–H groups in total. The number of rotatable bonds is 7. The van der Waals surface area contributed by atoms with Crippen molar-refractivity contribution in [2.75, 3.05) is 0 Å². The van der Waals surface area contributed by atoms with Crippen molar-refractivity contribution in [2.45, 2.75) is 5.41 Å². The second-order valence-corrected chi connectivity index (χ2v) is 17.1. The van der Waals surface area contributed by atoms with Gasteiger partial charge in [0, 0.05) is 36.9 Å². The Morgan fingerprint density at radius 3 is 1.63 bits per heavy atom. The van der Waals surface area contributed by atoms with Gasteiger partial charge in [-0.2, -0.15) is 0 Å². The fraction of sp³-hybridized carbons (Fsp3) is 0.0169. The zero-order chi connectivity index (χ0) is 41.0. The van der Waals surface area contributed by atoms with Crippen molar-refractivity contribution < 1.29 is 0 Å². The summed E-state index contributed by atoms with van der Waals surface area (Å²) in [4.78, 5) is 10.9. The summed E-state index contributed by atoms with van der Waals surface area (Å²) >= 11 is 1.85. The van der Waals surface area contributed by atoms with E-state index in [9.17, 15) is 0 Å². The molecule has 0 unspecified atom stereocenters. The van der Waals surface area contributed by atoms with Crippen LogP contribution in [0.15, 0.2) is 231 Å². The Bertz CT molecular complexity index is 3410. The van der Waals surface area contributed by atoms with E-state index in [0.717, 1.165) is 44.8 Å². The number of nitrogens with zero attached hydrogens (tertiary/aromatic N) is 2. The fourth-order valence-electron chi connectivity index (χ4n) is 9.90. The third kappa shape index (κ3) is 5.78. The van der Waals surface area contributed by atoms with Crippen molar-refractivity contribution in [1.82, 2.24) is 9.97 Å². The number of benzene rings is 9. The van der Waals surface area contributed by atoms with Gasteiger partial charge in [-0.05, 0) is 92.0 Å².